The Morgan fingerprint density at radius 1 is 0.304 bits per heavy atom. The molecule has 0 atom stereocenters. The fraction of sp³-hybridized carbons (Fsp3) is 0. The van der Waals surface area contributed by atoms with Gasteiger partial charge in [0.25, 0.3) is 0 Å². The number of aromatic nitrogens is 5. The molecule has 0 unspecified atom stereocenters. The van der Waals surface area contributed by atoms with Crippen molar-refractivity contribution in [2.45, 2.75) is 0 Å². The fourth-order valence-corrected chi connectivity index (χ4v) is 7.61. The molecule has 0 spiro atoms. The standard InChI is InChI=1S/C49H29N5O2/c1-3-21-50-41(8-1)36-7-5-6-32(26-36)33-14-16-44-39(27-33)46-48(55-44)37(19-24-53-46)30-10-12-31(13-11-30)38-20-25-54-47-40-28-34(15-17-45(40)56-49(38)47)35-18-23-52-43(29-35)42-9-2-4-22-51-42/h1-29H. The lowest BCUT2D eigenvalue weighted by Crippen LogP contribution is -1.87. The zero-order chi connectivity index (χ0) is 37.0. The lowest BCUT2D eigenvalue weighted by molar-refractivity contribution is 0.669. The number of benzene rings is 4. The second kappa shape index (κ2) is 13.0. The first-order valence-electron chi connectivity index (χ1n) is 18.4. The highest BCUT2D eigenvalue weighted by Crippen LogP contribution is 2.40. The molecule has 0 N–H and O–H groups in total. The van der Waals surface area contributed by atoms with Crippen LogP contribution in [0.3, 0.4) is 0 Å². The number of fused-ring (bicyclic) bond motifs is 6. The Hall–Kier alpha value is -7.77. The van der Waals surface area contributed by atoms with E-state index in [1.165, 1.54) is 0 Å². The molecule has 7 heterocycles. The Morgan fingerprint density at radius 3 is 1.39 bits per heavy atom. The van der Waals surface area contributed by atoms with Gasteiger partial charge in [0, 0.05) is 58.4 Å². The largest absolute Gasteiger partial charge is 0.454 e. The Bertz CT molecular complexity index is 3030. The van der Waals surface area contributed by atoms with Crippen molar-refractivity contribution in [3.63, 3.8) is 0 Å². The minimum absolute atomic E-state index is 0.751. The van der Waals surface area contributed by atoms with Crippen LogP contribution >= 0.6 is 0 Å². The Balaban J connectivity index is 0.927. The van der Waals surface area contributed by atoms with E-state index in [2.05, 4.69) is 93.8 Å². The van der Waals surface area contributed by atoms with Crippen molar-refractivity contribution in [1.82, 2.24) is 24.9 Å². The molecular weight excluding hydrogens is 691 g/mol. The van der Waals surface area contributed by atoms with E-state index in [1.54, 1.807) is 6.20 Å². The van der Waals surface area contributed by atoms with E-state index < -0.39 is 0 Å². The van der Waals surface area contributed by atoms with Gasteiger partial charge in [-0.1, -0.05) is 66.7 Å². The summed E-state index contributed by atoms with van der Waals surface area (Å²) in [5.74, 6) is 0. The molecule has 0 saturated heterocycles. The van der Waals surface area contributed by atoms with Crippen molar-refractivity contribution in [3.8, 4) is 67.2 Å². The Labute approximate surface area is 320 Å². The first kappa shape index (κ1) is 31.7. The van der Waals surface area contributed by atoms with E-state index in [-0.39, 0.29) is 0 Å². The number of rotatable bonds is 6. The first-order chi connectivity index (χ1) is 27.7. The summed E-state index contributed by atoms with van der Waals surface area (Å²) in [5, 5.41) is 1.93. The third kappa shape index (κ3) is 5.41. The van der Waals surface area contributed by atoms with Gasteiger partial charge in [0.1, 0.15) is 22.2 Å². The van der Waals surface area contributed by atoms with Gasteiger partial charge in [-0.15, -0.1) is 0 Å². The molecule has 0 radical (unpaired) electrons. The van der Waals surface area contributed by atoms with Crippen LogP contribution in [0.5, 0.6) is 0 Å². The number of hydrogen-bond acceptors (Lipinski definition) is 7. The van der Waals surface area contributed by atoms with Crippen LogP contribution in [0.2, 0.25) is 0 Å². The van der Waals surface area contributed by atoms with Gasteiger partial charge in [-0.25, -0.2) is 0 Å². The van der Waals surface area contributed by atoms with E-state index in [9.17, 15) is 0 Å². The van der Waals surface area contributed by atoms with Crippen LogP contribution in [-0.2, 0) is 0 Å². The van der Waals surface area contributed by atoms with Gasteiger partial charge in [0.15, 0.2) is 11.2 Å². The molecule has 0 fully saturated rings. The van der Waals surface area contributed by atoms with Gasteiger partial charge in [0.2, 0.25) is 0 Å². The smallest absolute Gasteiger partial charge is 0.161 e. The second-order valence-electron chi connectivity index (χ2n) is 13.7. The van der Waals surface area contributed by atoms with Crippen LogP contribution in [0.1, 0.15) is 0 Å². The Morgan fingerprint density at radius 2 is 0.804 bits per heavy atom. The predicted molar refractivity (Wildman–Crippen MR) is 223 cm³/mol. The summed E-state index contributed by atoms with van der Waals surface area (Å²) in [6.07, 6.45) is 9.13. The van der Waals surface area contributed by atoms with Gasteiger partial charge >= 0.3 is 0 Å². The van der Waals surface area contributed by atoms with Crippen molar-refractivity contribution in [1.29, 1.82) is 0 Å². The zero-order valence-electron chi connectivity index (χ0n) is 29.8. The molecule has 262 valence electrons. The molecule has 7 aromatic heterocycles. The monoisotopic (exact) mass is 719 g/mol. The molecule has 7 nitrogen and oxygen atoms in total. The van der Waals surface area contributed by atoms with Gasteiger partial charge in [-0.05, 0) is 112 Å². The summed E-state index contributed by atoms with van der Waals surface area (Å²) in [6.45, 7) is 0. The molecule has 11 rings (SSSR count). The summed E-state index contributed by atoms with van der Waals surface area (Å²) >= 11 is 0. The zero-order valence-corrected chi connectivity index (χ0v) is 29.8. The van der Waals surface area contributed by atoms with Crippen LogP contribution in [0.4, 0.5) is 0 Å². The molecule has 4 aromatic carbocycles. The third-order valence-corrected chi connectivity index (χ3v) is 10.4. The lowest BCUT2D eigenvalue weighted by Gasteiger charge is -2.06. The highest BCUT2D eigenvalue weighted by atomic mass is 16.3. The number of hydrogen-bond donors (Lipinski definition) is 0. The van der Waals surface area contributed by atoms with Crippen LogP contribution in [0, 0.1) is 0 Å². The van der Waals surface area contributed by atoms with Crippen molar-refractivity contribution >= 4 is 44.1 Å². The van der Waals surface area contributed by atoms with E-state index in [1.807, 2.05) is 91.5 Å². The summed E-state index contributed by atoms with van der Waals surface area (Å²) < 4.78 is 13.0. The minimum Gasteiger partial charge on any atom is -0.454 e. The minimum atomic E-state index is 0.751. The summed E-state index contributed by atoms with van der Waals surface area (Å²) in [7, 11) is 0. The predicted octanol–water partition coefficient (Wildman–Crippen LogP) is 12.5. The summed E-state index contributed by atoms with van der Waals surface area (Å²) in [5.41, 5.74) is 16.7. The van der Waals surface area contributed by atoms with Crippen molar-refractivity contribution in [2.75, 3.05) is 0 Å². The number of pyridine rings is 5. The van der Waals surface area contributed by atoms with E-state index in [4.69, 9.17) is 18.8 Å². The number of nitrogens with zero attached hydrogens (tertiary/aromatic N) is 5. The molecule has 0 aliphatic rings. The fourth-order valence-electron chi connectivity index (χ4n) is 7.61. The second-order valence-corrected chi connectivity index (χ2v) is 13.7. The molecule has 7 heteroatoms. The van der Waals surface area contributed by atoms with Gasteiger partial charge in [-0.2, -0.15) is 0 Å². The molecule has 11 aromatic rings. The van der Waals surface area contributed by atoms with Crippen LogP contribution in [0.15, 0.2) is 185 Å². The summed E-state index contributed by atoms with van der Waals surface area (Å²) in [4.78, 5) is 23.1. The topological polar surface area (TPSA) is 90.7 Å². The maximum absolute atomic E-state index is 6.50. The van der Waals surface area contributed by atoms with Crippen molar-refractivity contribution < 1.29 is 8.83 Å². The molecule has 0 amide bonds. The average molecular weight is 720 g/mol. The maximum atomic E-state index is 6.50. The van der Waals surface area contributed by atoms with Gasteiger partial charge < -0.3 is 8.83 Å². The third-order valence-electron chi connectivity index (χ3n) is 10.4. The first-order valence-corrected chi connectivity index (χ1v) is 18.4. The molecule has 0 bridgehead atoms. The SMILES string of the molecule is c1ccc(-c2cccc(-c3ccc4oc5c(-c6ccc(-c7ccnc8c7oc7ccc(-c9ccnc(-c%10ccccn%10)c9)cc78)cc6)ccnc5c4c3)c2)nc1. The maximum Gasteiger partial charge on any atom is 0.161 e. The average Bonchev–Trinajstić information content (AvgIpc) is 3.85. The Kier molecular flexibility index (Phi) is 7.35. The van der Waals surface area contributed by atoms with Gasteiger partial charge in [0.05, 0.1) is 17.1 Å². The quantitative estimate of drug-likeness (QED) is 0.169. The van der Waals surface area contributed by atoms with E-state index >= 15 is 0 Å². The van der Waals surface area contributed by atoms with Crippen LogP contribution in [0.25, 0.3) is 111 Å². The van der Waals surface area contributed by atoms with Crippen molar-refractivity contribution in [2.24, 2.45) is 0 Å². The normalized spacial score (nSPS) is 11.6. The number of furan rings is 2. The molecular formula is C49H29N5O2. The molecule has 56 heavy (non-hydrogen) atoms. The summed E-state index contributed by atoms with van der Waals surface area (Å²) in [6, 6.07) is 49.4. The molecule has 0 aliphatic carbocycles. The molecule has 0 aliphatic heterocycles. The molecule has 0 saturated carbocycles. The van der Waals surface area contributed by atoms with E-state index in [0.29, 0.717) is 0 Å². The van der Waals surface area contributed by atoms with Crippen molar-refractivity contribution in [3.05, 3.63) is 177 Å². The van der Waals surface area contributed by atoms with E-state index in [0.717, 1.165) is 111 Å². The van der Waals surface area contributed by atoms with Crippen LogP contribution in [-0.4, -0.2) is 24.9 Å². The van der Waals surface area contributed by atoms with Gasteiger partial charge in [-0.3, -0.25) is 24.9 Å². The lowest BCUT2D eigenvalue weighted by atomic mass is 9.99. The van der Waals surface area contributed by atoms with Crippen LogP contribution < -0.4 is 0 Å². The highest BCUT2D eigenvalue weighted by molar-refractivity contribution is 6.10. The highest BCUT2D eigenvalue weighted by Gasteiger charge is 2.18.